The number of hydrogen-bond acceptors (Lipinski definition) is 4. The van der Waals surface area contributed by atoms with Crippen LogP contribution >= 0.6 is 0 Å². The maximum Gasteiger partial charge on any atom is 0.337 e. The van der Waals surface area contributed by atoms with Crippen molar-refractivity contribution in [3.05, 3.63) is 24.0 Å². The van der Waals surface area contributed by atoms with Crippen molar-refractivity contribution in [1.29, 1.82) is 0 Å². The summed E-state index contributed by atoms with van der Waals surface area (Å²) in [6, 6.07) is 1.16. The molecular weight excluding hydrogens is 150 g/mol. The SMILES string of the molecule is O=C(O)c1cncc(OO)c1. The molecule has 1 heterocycles. The molecule has 11 heavy (non-hydrogen) atoms. The highest BCUT2D eigenvalue weighted by atomic mass is 17.1. The van der Waals surface area contributed by atoms with Crippen LogP contribution in [-0.2, 0) is 0 Å². The number of aromatic nitrogens is 1. The number of carboxylic acid groups (broad SMARTS) is 1. The Hall–Kier alpha value is -1.62. The molecule has 5 heteroatoms. The second-order valence-corrected chi connectivity index (χ2v) is 1.81. The molecule has 0 bridgehead atoms. The molecule has 0 atom stereocenters. The molecule has 0 aliphatic heterocycles. The summed E-state index contributed by atoms with van der Waals surface area (Å²) in [6.07, 6.45) is 2.36. The van der Waals surface area contributed by atoms with Crippen LogP contribution in [0.3, 0.4) is 0 Å². The van der Waals surface area contributed by atoms with Gasteiger partial charge in [0.05, 0.1) is 11.8 Å². The lowest BCUT2D eigenvalue weighted by molar-refractivity contribution is -0.137. The highest BCUT2D eigenvalue weighted by Gasteiger charge is 2.03. The van der Waals surface area contributed by atoms with Gasteiger partial charge in [0, 0.05) is 12.3 Å². The zero-order valence-electron chi connectivity index (χ0n) is 5.39. The Balaban J connectivity index is 3.01. The van der Waals surface area contributed by atoms with Gasteiger partial charge in [-0.15, -0.1) is 0 Å². The fraction of sp³-hybridized carbons (Fsp3) is 0. The number of aromatic carboxylic acids is 1. The summed E-state index contributed by atoms with van der Waals surface area (Å²) in [6.45, 7) is 0. The first kappa shape index (κ1) is 7.49. The number of hydrogen-bond donors (Lipinski definition) is 2. The van der Waals surface area contributed by atoms with E-state index in [9.17, 15) is 4.79 Å². The smallest absolute Gasteiger partial charge is 0.337 e. The quantitative estimate of drug-likeness (QED) is 0.483. The number of carbonyl (C=O) groups is 1. The van der Waals surface area contributed by atoms with Gasteiger partial charge in [-0.2, -0.15) is 0 Å². The van der Waals surface area contributed by atoms with E-state index in [4.69, 9.17) is 10.4 Å². The summed E-state index contributed by atoms with van der Waals surface area (Å²) in [5, 5.41) is 16.5. The van der Waals surface area contributed by atoms with E-state index in [1.807, 2.05) is 0 Å². The van der Waals surface area contributed by atoms with Crippen LogP contribution in [0.25, 0.3) is 0 Å². The summed E-state index contributed by atoms with van der Waals surface area (Å²) >= 11 is 0. The van der Waals surface area contributed by atoms with Crippen molar-refractivity contribution in [3.8, 4) is 5.75 Å². The summed E-state index contributed by atoms with van der Waals surface area (Å²) in [4.78, 5) is 17.6. The molecule has 1 aromatic rings. The van der Waals surface area contributed by atoms with Gasteiger partial charge in [0.25, 0.3) is 0 Å². The highest BCUT2D eigenvalue weighted by Crippen LogP contribution is 2.09. The van der Waals surface area contributed by atoms with E-state index < -0.39 is 5.97 Å². The van der Waals surface area contributed by atoms with Crippen molar-refractivity contribution in [2.45, 2.75) is 0 Å². The zero-order chi connectivity index (χ0) is 8.27. The van der Waals surface area contributed by atoms with E-state index in [-0.39, 0.29) is 11.3 Å². The van der Waals surface area contributed by atoms with Gasteiger partial charge < -0.3 is 9.99 Å². The Labute approximate surface area is 61.8 Å². The largest absolute Gasteiger partial charge is 0.478 e. The summed E-state index contributed by atoms with van der Waals surface area (Å²) < 4.78 is 0. The first-order valence-corrected chi connectivity index (χ1v) is 2.74. The second-order valence-electron chi connectivity index (χ2n) is 1.81. The average molecular weight is 155 g/mol. The van der Waals surface area contributed by atoms with Crippen LogP contribution < -0.4 is 4.89 Å². The van der Waals surface area contributed by atoms with Gasteiger partial charge in [0.15, 0.2) is 5.75 Å². The van der Waals surface area contributed by atoms with Gasteiger partial charge in [-0.1, -0.05) is 0 Å². The number of pyridine rings is 1. The highest BCUT2D eigenvalue weighted by molar-refractivity contribution is 5.87. The Bertz CT molecular complexity index is 273. The molecule has 58 valence electrons. The fourth-order valence-corrected chi connectivity index (χ4v) is 0.586. The summed E-state index contributed by atoms with van der Waals surface area (Å²) in [7, 11) is 0. The second kappa shape index (κ2) is 2.98. The molecule has 0 aliphatic carbocycles. The number of rotatable bonds is 2. The van der Waals surface area contributed by atoms with Crippen LogP contribution in [0.2, 0.25) is 0 Å². The van der Waals surface area contributed by atoms with Crippen molar-refractivity contribution in [2.75, 3.05) is 0 Å². The molecule has 5 nitrogen and oxygen atoms in total. The Morgan fingerprint density at radius 3 is 2.82 bits per heavy atom. The van der Waals surface area contributed by atoms with Crippen molar-refractivity contribution >= 4 is 5.97 Å². The molecule has 0 aromatic carbocycles. The first-order chi connectivity index (χ1) is 5.24. The molecule has 0 spiro atoms. The van der Waals surface area contributed by atoms with E-state index >= 15 is 0 Å². The van der Waals surface area contributed by atoms with Gasteiger partial charge in [-0.3, -0.25) is 4.98 Å². The van der Waals surface area contributed by atoms with E-state index in [2.05, 4.69) is 9.87 Å². The lowest BCUT2D eigenvalue weighted by atomic mass is 10.3. The molecule has 1 aromatic heterocycles. The molecule has 0 radical (unpaired) electrons. The minimum Gasteiger partial charge on any atom is -0.478 e. The zero-order valence-corrected chi connectivity index (χ0v) is 5.39. The molecular formula is C6H5NO4. The third kappa shape index (κ3) is 1.65. The maximum absolute atomic E-state index is 10.3. The van der Waals surface area contributed by atoms with Gasteiger partial charge in [-0.05, 0) is 0 Å². The van der Waals surface area contributed by atoms with E-state index in [0.29, 0.717) is 0 Å². The standard InChI is InChI=1S/C6H5NO4/c8-6(9)4-1-5(11-10)3-7-2-4/h1-3,10H,(H,8,9). The van der Waals surface area contributed by atoms with Crippen LogP contribution in [-0.4, -0.2) is 21.3 Å². The van der Waals surface area contributed by atoms with E-state index in [1.54, 1.807) is 0 Å². The molecule has 0 saturated carbocycles. The number of carboxylic acids is 1. The third-order valence-electron chi connectivity index (χ3n) is 1.07. The Morgan fingerprint density at radius 1 is 1.55 bits per heavy atom. The van der Waals surface area contributed by atoms with Crippen molar-refractivity contribution in [2.24, 2.45) is 0 Å². The average Bonchev–Trinajstić information content (AvgIpc) is 2.05. The third-order valence-corrected chi connectivity index (χ3v) is 1.07. The summed E-state index contributed by atoms with van der Waals surface area (Å²) in [5.74, 6) is -1.11. The van der Waals surface area contributed by atoms with Gasteiger partial charge in [-0.25, -0.2) is 10.1 Å². The number of nitrogens with zero attached hydrogens (tertiary/aromatic N) is 1. The Morgan fingerprint density at radius 2 is 2.27 bits per heavy atom. The monoisotopic (exact) mass is 155 g/mol. The molecule has 0 saturated heterocycles. The van der Waals surface area contributed by atoms with Gasteiger partial charge in [0.1, 0.15) is 0 Å². The molecule has 0 fully saturated rings. The maximum atomic E-state index is 10.3. The van der Waals surface area contributed by atoms with Gasteiger partial charge in [0.2, 0.25) is 0 Å². The molecule has 1 rings (SSSR count). The Kier molecular flexibility index (Phi) is 2.03. The van der Waals surface area contributed by atoms with Crippen LogP contribution in [0.4, 0.5) is 0 Å². The summed E-state index contributed by atoms with van der Waals surface area (Å²) in [5.41, 5.74) is -0.0310. The lowest BCUT2D eigenvalue weighted by Crippen LogP contribution is -1.97. The van der Waals surface area contributed by atoms with E-state index in [0.717, 1.165) is 12.3 Å². The molecule has 2 N–H and O–H groups in total. The normalized spacial score (nSPS) is 9.18. The lowest BCUT2D eigenvalue weighted by Gasteiger charge is -1.95. The molecule has 0 unspecified atom stereocenters. The van der Waals surface area contributed by atoms with Crippen LogP contribution in [0, 0.1) is 0 Å². The van der Waals surface area contributed by atoms with Crippen LogP contribution in [0.15, 0.2) is 18.5 Å². The van der Waals surface area contributed by atoms with Crippen molar-refractivity contribution in [1.82, 2.24) is 4.98 Å². The molecule has 0 amide bonds. The molecule has 0 aliphatic rings. The van der Waals surface area contributed by atoms with Gasteiger partial charge >= 0.3 is 5.97 Å². The topological polar surface area (TPSA) is 79.7 Å². The predicted octanol–water partition coefficient (Wildman–Crippen LogP) is 0.632. The van der Waals surface area contributed by atoms with Crippen molar-refractivity contribution < 1.29 is 20.0 Å². The minimum atomic E-state index is -1.11. The predicted molar refractivity (Wildman–Crippen MR) is 34.5 cm³/mol. The van der Waals surface area contributed by atoms with Crippen LogP contribution in [0.5, 0.6) is 5.75 Å². The van der Waals surface area contributed by atoms with Crippen molar-refractivity contribution in [3.63, 3.8) is 0 Å². The van der Waals surface area contributed by atoms with E-state index in [1.165, 1.54) is 6.20 Å². The minimum absolute atomic E-state index is 0.00454. The fourth-order valence-electron chi connectivity index (χ4n) is 0.586. The van der Waals surface area contributed by atoms with Crippen LogP contribution in [0.1, 0.15) is 10.4 Å². The first-order valence-electron chi connectivity index (χ1n) is 2.74.